The van der Waals surface area contributed by atoms with Crippen molar-refractivity contribution in [3.63, 3.8) is 0 Å². The van der Waals surface area contributed by atoms with Crippen molar-refractivity contribution in [2.75, 3.05) is 7.11 Å². The van der Waals surface area contributed by atoms with Crippen LogP contribution in [0.25, 0.3) is 0 Å². The number of hydrogen-bond acceptors (Lipinski definition) is 7. The highest BCUT2D eigenvalue weighted by molar-refractivity contribution is 7.90. The lowest BCUT2D eigenvalue weighted by molar-refractivity contribution is 0.0985. The van der Waals surface area contributed by atoms with Crippen LogP contribution in [0.4, 0.5) is 0 Å². The van der Waals surface area contributed by atoms with Gasteiger partial charge in [0.05, 0.1) is 13.3 Å². The zero-order valence-electron chi connectivity index (χ0n) is 10.7. The Morgan fingerprint density at radius 2 is 2.15 bits per heavy atom. The highest BCUT2D eigenvalue weighted by atomic mass is 32.2. The molecule has 0 bridgehead atoms. The minimum Gasteiger partial charge on any atom is -0.473 e. The minimum absolute atomic E-state index is 0.138. The van der Waals surface area contributed by atoms with Crippen molar-refractivity contribution in [2.45, 2.75) is 11.9 Å². The van der Waals surface area contributed by atoms with E-state index in [1.165, 1.54) is 19.5 Å². The van der Waals surface area contributed by atoms with E-state index in [1.807, 2.05) is 4.72 Å². The number of pyridine rings is 1. The number of methoxy groups -OCH3 is 1. The molecule has 0 saturated carbocycles. The highest BCUT2D eigenvalue weighted by Gasteiger charge is 2.23. The average molecular weight is 313 g/mol. The van der Waals surface area contributed by atoms with Crippen LogP contribution >= 0.6 is 11.3 Å². The van der Waals surface area contributed by atoms with Gasteiger partial charge < -0.3 is 4.74 Å². The maximum Gasteiger partial charge on any atom is 0.282 e. The van der Waals surface area contributed by atoms with Crippen LogP contribution in [-0.2, 0) is 10.0 Å². The summed E-state index contributed by atoms with van der Waals surface area (Å²) < 4.78 is 30.9. The topological polar surface area (TPSA) is 98.2 Å². The van der Waals surface area contributed by atoms with Crippen LogP contribution in [0.3, 0.4) is 0 Å². The Balaban J connectivity index is 2.25. The maximum absolute atomic E-state index is 12.1. The lowest BCUT2D eigenvalue weighted by atomic mass is 10.3. The number of carbonyl (C=O) groups excluding carboxylic acids is 1. The van der Waals surface area contributed by atoms with Gasteiger partial charge >= 0.3 is 0 Å². The molecule has 9 heteroatoms. The molecule has 20 heavy (non-hydrogen) atoms. The Labute approximate surface area is 119 Å². The summed E-state index contributed by atoms with van der Waals surface area (Å²) in [6, 6.07) is 3.21. The van der Waals surface area contributed by atoms with Crippen LogP contribution in [-0.4, -0.2) is 31.4 Å². The van der Waals surface area contributed by atoms with E-state index in [4.69, 9.17) is 4.74 Å². The van der Waals surface area contributed by atoms with Crippen LogP contribution in [0.5, 0.6) is 5.19 Å². The Bertz CT molecular complexity index is 740. The summed E-state index contributed by atoms with van der Waals surface area (Å²) >= 11 is 0.951. The van der Waals surface area contributed by atoms with Gasteiger partial charge in [-0.1, -0.05) is 17.4 Å². The fraction of sp³-hybridized carbons (Fsp3) is 0.182. The van der Waals surface area contributed by atoms with Crippen molar-refractivity contribution in [3.8, 4) is 5.19 Å². The molecule has 1 N–H and O–H groups in total. The normalized spacial score (nSPS) is 11.1. The molecule has 2 rings (SSSR count). The SMILES string of the molecule is COc1ncc(C(=O)NS(=O)(=O)c2ncccc2C)s1. The molecule has 0 spiro atoms. The zero-order chi connectivity index (χ0) is 14.8. The number of ether oxygens (including phenoxy) is 1. The smallest absolute Gasteiger partial charge is 0.282 e. The number of sulfonamides is 1. The van der Waals surface area contributed by atoms with Crippen molar-refractivity contribution >= 4 is 27.3 Å². The summed E-state index contributed by atoms with van der Waals surface area (Å²) in [6.07, 6.45) is 2.60. The summed E-state index contributed by atoms with van der Waals surface area (Å²) in [6.45, 7) is 1.60. The molecule has 2 aromatic heterocycles. The van der Waals surface area contributed by atoms with Gasteiger partial charge in [0.2, 0.25) is 0 Å². The summed E-state index contributed by atoms with van der Waals surface area (Å²) in [4.78, 5) is 19.6. The van der Waals surface area contributed by atoms with E-state index in [0.29, 0.717) is 5.56 Å². The quantitative estimate of drug-likeness (QED) is 0.903. The minimum atomic E-state index is -4.01. The second-order valence-electron chi connectivity index (χ2n) is 3.75. The Kier molecular flexibility index (Phi) is 4.00. The third kappa shape index (κ3) is 2.94. The first-order valence-corrected chi connectivity index (χ1v) is 7.72. The van der Waals surface area contributed by atoms with Gasteiger partial charge in [-0.3, -0.25) is 4.79 Å². The first-order chi connectivity index (χ1) is 9.44. The number of rotatable bonds is 4. The number of nitrogens with zero attached hydrogens (tertiary/aromatic N) is 2. The largest absolute Gasteiger partial charge is 0.473 e. The number of carbonyl (C=O) groups is 1. The summed E-state index contributed by atoms with van der Waals surface area (Å²) in [5.74, 6) is -0.768. The summed E-state index contributed by atoms with van der Waals surface area (Å²) in [5, 5.41) is 0.103. The monoisotopic (exact) mass is 313 g/mol. The van der Waals surface area contributed by atoms with E-state index < -0.39 is 15.9 Å². The lowest BCUT2D eigenvalue weighted by Gasteiger charge is -2.06. The lowest BCUT2D eigenvalue weighted by Crippen LogP contribution is -2.31. The number of hydrogen-bond donors (Lipinski definition) is 1. The van der Waals surface area contributed by atoms with Crippen LogP contribution < -0.4 is 9.46 Å². The second kappa shape index (κ2) is 5.55. The van der Waals surface area contributed by atoms with Gasteiger partial charge in [0.25, 0.3) is 21.1 Å². The second-order valence-corrected chi connectivity index (χ2v) is 6.35. The first kappa shape index (κ1) is 14.4. The fourth-order valence-electron chi connectivity index (χ4n) is 1.43. The fourth-order valence-corrected chi connectivity index (χ4v) is 3.26. The van der Waals surface area contributed by atoms with Crippen molar-refractivity contribution in [3.05, 3.63) is 35.0 Å². The van der Waals surface area contributed by atoms with Crippen molar-refractivity contribution in [2.24, 2.45) is 0 Å². The molecule has 0 fully saturated rings. The van der Waals surface area contributed by atoms with E-state index in [9.17, 15) is 13.2 Å². The first-order valence-electron chi connectivity index (χ1n) is 5.42. The third-order valence-corrected chi connectivity index (χ3v) is 4.67. The van der Waals surface area contributed by atoms with Crippen molar-refractivity contribution < 1.29 is 17.9 Å². The molecule has 0 atom stereocenters. The zero-order valence-corrected chi connectivity index (χ0v) is 12.3. The Morgan fingerprint density at radius 3 is 2.75 bits per heavy atom. The van der Waals surface area contributed by atoms with Crippen LogP contribution in [0.2, 0.25) is 0 Å². The van der Waals surface area contributed by atoms with E-state index in [0.717, 1.165) is 11.3 Å². The summed E-state index contributed by atoms with van der Waals surface area (Å²) in [7, 11) is -2.60. The van der Waals surface area contributed by atoms with Gasteiger partial charge in [0.1, 0.15) is 4.88 Å². The van der Waals surface area contributed by atoms with Gasteiger partial charge in [-0.05, 0) is 18.6 Å². The molecule has 0 aliphatic heterocycles. The predicted octanol–water partition coefficient (Wildman–Crippen LogP) is 0.974. The number of aromatic nitrogens is 2. The predicted molar refractivity (Wildman–Crippen MR) is 72.3 cm³/mol. The Morgan fingerprint density at radius 1 is 1.40 bits per heavy atom. The number of nitrogens with one attached hydrogen (secondary N) is 1. The van der Waals surface area contributed by atoms with Crippen LogP contribution in [0.15, 0.2) is 29.6 Å². The van der Waals surface area contributed by atoms with E-state index in [1.54, 1.807) is 19.1 Å². The molecule has 7 nitrogen and oxygen atoms in total. The van der Waals surface area contributed by atoms with Crippen LogP contribution in [0.1, 0.15) is 15.2 Å². The molecule has 1 amide bonds. The molecule has 0 aromatic carbocycles. The molecule has 0 unspecified atom stereocenters. The van der Waals surface area contributed by atoms with Crippen molar-refractivity contribution in [1.82, 2.24) is 14.7 Å². The molecule has 0 radical (unpaired) electrons. The standard InChI is InChI=1S/C11H11N3O4S2/c1-7-4-3-5-12-10(7)20(16,17)14-9(15)8-6-13-11(18-2)19-8/h3-6H,1-2H3,(H,14,15). The van der Waals surface area contributed by atoms with E-state index >= 15 is 0 Å². The van der Waals surface area contributed by atoms with Crippen molar-refractivity contribution in [1.29, 1.82) is 0 Å². The van der Waals surface area contributed by atoms with Gasteiger partial charge in [-0.25, -0.2) is 14.7 Å². The molecule has 2 aromatic rings. The summed E-state index contributed by atoms with van der Waals surface area (Å²) in [5.41, 5.74) is 0.453. The number of amides is 1. The van der Waals surface area contributed by atoms with Gasteiger partial charge in [0.15, 0.2) is 5.03 Å². The molecule has 2 heterocycles. The average Bonchev–Trinajstić information content (AvgIpc) is 2.87. The van der Waals surface area contributed by atoms with Crippen LogP contribution in [0, 0.1) is 6.92 Å². The van der Waals surface area contributed by atoms with Gasteiger partial charge in [0, 0.05) is 6.20 Å². The maximum atomic E-state index is 12.1. The molecule has 106 valence electrons. The number of aryl methyl sites for hydroxylation is 1. The van der Waals surface area contributed by atoms with E-state index in [2.05, 4.69) is 9.97 Å². The van der Waals surface area contributed by atoms with Gasteiger partial charge in [-0.15, -0.1) is 0 Å². The van der Waals surface area contributed by atoms with E-state index in [-0.39, 0.29) is 15.1 Å². The highest BCUT2D eigenvalue weighted by Crippen LogP contribution is 2.20. The molecule has 0 saturated heterocycles. The molecular weight excluding hydrogens is 302 g/mol. The molecule has 0 aliphatic rings. The molecule has 0 aliphatic carbocycles. The third-order valence-electron chi connectivity index (χ3n) is 2.33. The van der Waals surface area contributed by atoms with Gasteiger partial charge in [-0.2, -0.15) is 8.42 Å². The Hall–Kier alpha value is -2.00. The number of thiazole rings is 1. The molecular formula is C11H11N3O4S2.